The SMILES string of the molecule is C[C@@H](NC(=O)CCCOc1ccccc1)c1cc2ccccc2o1. The Morgan fingerprint density at radius 3 is 2.67 bits per heavy atom. The first-order valence-corrected chi connectivity index (χ1v) is 8.18. The second-order valence-electron chi connectivity index (χ2n) is 5.74. The van der Waals surface area contributed by atoms with Crippen molar-refractivity contribution in [3.8, 4) is 5.75 Å². The third kappa shape index (κ3) is 4.16. The molecule has 0 aliphatic rings. The van der Waals surface area contributed by atoms with Gasteiger partial charge >= 0.3 is 0 Å². The summed E-state index contributed by atoms with van der Waals surface area (Å²) in [5.41, 5.74) is 0.838. The number of hydrogen-bond donors (Lipinski definition) is 1. The van der Waals surface area contributed by atoms with Crippen molar-refractivity contribution in [2.75, 3.05) is 6.61 Å². The van der Waals surface area contributed by atoms with E-state index in [1.807, 2.05) is 67.6 Å². The minimum atomic E-state index is -0.153. The van der Waals surface area contributed by atoms with Gasteiger partial charge < -0.3 is 14.5 Å². The van der Waals surface area contributed by atoms with Crippen LogP contribution < -0.4 is 10.1 Å². The van der Waals surface area contributed by atoms with Crippen molar-refractivity contribution in [2.45, 2.75) is 25.8 Å². The predicted octanol–water partition coefficient (Wildman–Crippen LogP) is 4.47. The summed E-state index contributed by atoms with van der Waals surface area (Å²) in [4.78, 5) is 12.0. The summed E-state index contributed by atoms with van der Waals surface area (Å²) >= 11 is 0. The quantitative estimate of drug-likeness (QED) is 0.653. The number of carbonyl (C=O) groups excluding carboxylic acids is 1. The van der Waals surface area contributed by atoms with E-state index in [2.05, 4.69) is 5.32 Å². The molecule has 0 unspecified atom stereocenters. The van der Waals surface area contributed by atoms with Gasteiger partial charge in [-0.1, -0.05) is 36.4 Å². The van der Waals surface area contributed by atoms with E-state index < -0.39 is 0 Å². The summed E-state index contributed by atoms with van der Waals surface area (Å²) in [5.74, 6) is 1.60. The molecule has 0 fully saturated rings. The molecule has 0 spiro atoms. The molecule has 3 aromatic rings. The van der Waals surface area contributed by atoms with E-state index >= 15 is 0 Å². The van der Waals surface area contributed by atoms with Crippen LogP contribution in [0.4, 0.5) is 0 Å². The molecule has 1 N–H and O–H groups in total. The third-order valence-electron chi connectivity index (χ3n) is 3.81. The minimum Gasteiger partial charge on any atom is -0.494 e. The zero-order valence-electron chi connectivity index (χ0n) is 13.7. The molecule has 24 heavy (non-hydrogen) atoms. The molecule has 0 aliphatic heterocycles. The predicted molar refractivity (Wildman–Crippen MR) is 93.9 cm³/mol. The van der Waals surface area contributed by atoms with Crippen molar-refractivity contribution in [3.05, 3.63) is 66.4 Å². The van der Waals surface area contributed by atoms with E-state index in [1.165, 1.54) is 0 Å². The summed E-state index contributed by atoms with van der Waals surface area (Å²) in [7, 11) is 0. The van der Waals surface area contributed by atoms with Crippen LogP contribution in [0.5, 0.6) is 5.75 Å². The van der Waals surface area contributed by atoms with Gasteiger partial charge in [0.25, 0.3) is 0 Å². The molecular formula is C20H21NO3. The fraction of sp³-hybridized carbons (Fsp3) is 0.250. The Kier molecular flexibility index (Phi) is 5.16. The molecule has 1 aromatic heterocycles. The van der Waals surface area contributed by atoms with Crippen LogP contribution in [0.1, 0.15) is 31.6 Å². The molecule has 1 atom stereocenters. The number of carbonyl (C=O) groups is 1. The number of nitrogens with one attached hydrogen (secondary N) is 1. The fourth-order valence-electron chi connectivity index (χ4n) is 2.54. The zero-order valence-corrected chi connectivity index (χ0v) is 13.7. The second-order valence-corrected chi connectivity index (χ2v) is 5.74. The van der Waals surface area contributed by atoms with Crippen molar-refractivity contribution in [2.24, 2.45) is 0 Å². The van der Waals surface area contributed by atoms with Gasteiger partial charge in [0.2, 0.25) is 5.91 Å². The van der Waals surface area contributed by atoms with Crippen molar-refractivity contribution in [3.63, 3.8) is 0 Å². The molecule has 1 heterocycles. The highest BCUT2D eigenvalue weighted by Gasteiger charge is 2.13. The first-order valence-electron chi connectivity index (χ1n) is 8.18. The summed E-state index contributed by atoms with van der Waals surface area (Å²) < 4.78 is 11.4. The fourth-order valence-corrected chi connectivity index (χ4v) is 2.54. The summed E-state index contributed by atoms with van der Waals surface area (Å²) in [6.07, 6.45) is 1.10. The monoisotopic (exact) mass is 323 g/mol. The summed E-state index contributed by atoms with van der Waals surface area (Å²) in [5, 5.41) is 4.01. The molecule has 2 aromatic carbocycles. The van der Waals surface area contributed by atoms with Gasteiger partial charge in [-0.25, -0.2) is 0 Å². The largest absolute Gasteiger partial charge is 0.494 e. The van der Waals surface area contributed by atoms with Crippen LogP contribution in [0.3, 0.4) is 0 Å². The lowest BCUT2D eigenvalue weighted by molar-refractivity contribution is -0.122. The van der Waals surface area contributed by atoms with Gasteiger partial charge in [-0.2, -0.15) is 0 Å². The third-order valence-corrected chi connectivity index (χ3v) is 3.81. The molecule has 4 nitrogen and oxygen atoms in total. The first-order chi connectivity index (χ1) is 11.7. The van der Waals surface area contributed by atoms with Crippen molar-refractivity contribution in [1.82, 2.24) is 5.32 Å². The molecule has 4 heteroatoms. The summed E-state index contributed by atoms with van der Waals surface area (Å²) in [6.45, 7) is 2.45. The van der Waals surface area contributed by atoms with E-state index in [4.69, 9.17) is 9.15 Å². The van der Waals surface area contributed by atoms with Gasteiger partial charge in [0.05, 0.1) is 12.6 Å². The number of amides is 1. The van der Waals surface area contributed by atoms with Crippen LogP contribution in [0, 0.1) is 0 Å². The smallest absolute Gasteiger partial charge is 0.220 e. The Balaban J connectivity index is 1.44. The highest BCUT2D eigenvalue weighted by Crippen LogP contribution is 2.23. The number of furan rings is 1. The standard InChI is InChI=1S/C20H21NO3/c1-15(19-14-16-8-5-6-11-18(16)24-19)21-20(22)12-7-13-23-17-9-3-2-4-10-17/h2-6,8-11,14-15H,7,12-13H2,1H3,(H,21,22)/t15-/m1/s1. The molecule has 3 rings (SSSR count). The number of rotatable bonds is 7. The van der Waals surface area contributed by atoms with Crippen LogP contribution in [0.15, 0.2) is 65.1 Å². The Hall–Kier alpha value is -2.75. The molecule has 0 saturated carbocycles. The maximum atomic E-state index is 12.0. The van der Waals surface area contributed by atoms with Gasteiger partial charge in [-0.15, -0.1) is 0 Å². The molecule has 0 aliphatic carbocycles. The van der Waals surface area contributed by atoms with E-state index in [9.17, 15) is 4.79 Å². The van der Waals surface area contributed by atoms with Crippen LogP contribution in [-0.4, -0.2) is 12.5 Å². The maximum absolute atomic E-state index is 12.0. The van der Waals surface area contributed by atoms with Crippen LogP contribution >= 0.6 is 0 Å². The minimum absolute atomic E-state index is 0.000354. The number of hydrogen-bond acceptors (Lipinski definition) is 3. The van der Waals surface area contributed by atoms with Crippen molar-refractivity contribution >= 4 is 16.9 Å². The normalized spacial score (nSPS) is 12.0. The van der Waals surface area contributed by atoms with Crippen molar-refractivity contribution < 1.29 is 13.9 Å². The van der Waals surface area contributed by atoms with Crippen LogP contribution in [0.2, 0.25) is 0 Å². The van der Waals surface area contributed by atoms with Gasteiger partial charge in [0.1, 0.15) is 17.1 Å². The lowest BCUT2D eigenvalue weighted by Crippen LogP contribution is -2.26. The number of benzene rings is 2. The average Bonchev–Trinajstić information content (AvgIpc) is 3.04. The highest BCUT2D eigenvalue weighted by atomic mass is 16.5. The van der Waals surface area contributed by atoms with E-state index in [1.54, 1.807) is 0 Å². The molecule has 0 saturated heterocycles. The van der Waals surface area contributed by atoms with Crippen molar-refractivity contribution in [1.29, 1.82) is 0 Å². The van der Waals surface area contributed by atoms with E-state index in [0.29, 0.717) is 19.4 Å². The Bertz CT molecular complexity index is 762. The number of para-hydroxylation sites is 2. The van der Waals surface area contributed by atoms with Crippen LogP contribution in [-0.2, 0) is 4.79 Å². The lowest BCUT2D eigenvalue weighted by Gasteiger charge is -2.11. The van der Waals surface area contributed by atoms with Gasteiger partial charge in [-0.3, -0.25) is 4.79 Å². The zero-order chi connectivity index (χ0) is 16.8. The summed E-state index contributed by atoms with van der Waals surface area (Å²) in [6, 6.07) is 19.3. The van der Waals surface area contributed by atoms with Crippen LogP contribution in [0.25, 0.3) is 11.0 Å². The second kappa shape index (κ2) is 7.68. The Morgan fingerprint density at radius 2 is 1.88 bits per heavy atom. The Morgan fingerprint density at radius 1 is 1.12 bits per heavy atom. The Labute approximate surface area is 141 Å². The maximum Gasteiger partial charge on any atom is 0.220 e. The molecule has 0 radical (unpaired) electrons. The van der Waals surface area contributed by atoms with E-state index in [0.717, 1.165) is 22.5 Å². The van der Waals surface area contributed by atoms with Gasteiger partial charge in [0, 0.05) is 11.8 Å². The highest BCUT2D eigenvalue weighted by molar-refractivity contribution is 5.79. The first kappa shape index (κ1) is 16.1. The van der Waals surface area contributed by atoms with Gasteiger partial charge in [-0.05, 0) is 37.6 Å². The lowest BCUT2D eigenvalue weighted by atomic mass is 10.2. The average molecular weight is 323 g/mol. The number of fused-ring (bicyclic) bond motifs is 1. The topological polar surface area (TPSA) is 51.5 Å². The molecule has 0 bridgehead atoms. The molecular weight excluding hydrogens is 302 g/mol. The van der Waals surface area contributed by atoms with E-state index in [-0.39, 0.29) is 11.9 Å². The molecule has 1 amide bonds. The van der Waals surface area contributed by atoms with Gasteiger partial charge in [0.15, 0.2) is 0 Å². The number of ether oxygens (including phenoxy) is 1. The molecule has 124 valence electrons.